The maximum atomic E-state index is 14.1. The fraction of sp³-hybridized carbons (Fsp3) is 0.143. The van der Waals surface area contributed by atoms with Gasteiger partial charge < -0.3 is 10.1 Å². The summed E-state index contributed by atoms with van der Waals surface area (Å²) in [4.78, 5) is 37.6. The molecule has 1 heterocycles. The van der Waals surface area contributed by atoms with E-state index in [-0.39, 0.29) is 23.0 Å². The van der Waals surface area contributed by atoms with Crippen LogP contribution in [0.5, 0.6) is 0 Å². The Kier molecular flexibility index (Phi) is 6.27. The molecule has 7 nitrogen and oxygen atoms in total. The summed E-state index contributed by atoms with van der Waals surface area (Å²) in [5.74, 6) is -2.63. The molecule has 0 bridgehead atoms. The Morgan fingerprint density at radius 2 is 1.90 bits per heavy atom. The number of amides is 1. The first-order chi connectivity index (χ1) is 14.3. The van der Waals surface area contributed by atoms with Crippen LogP contribution in [0, 0.1) is 12.7 Å². The lowest BCUT2D eigenvalue weighted by molar-refractivity contribution is 0.0518. The summed E-state index contributed by atoms with van der Waals surface area (Å²) in [7, 11) is 0. The lowest BCUT2D eigenvalue weighted by atomic mass is 10.2. The Morgan fingerprint density at radius 3 is 2.53 bits per heavy atom. The van der Waals surface area contributed by atoms with Crippen LogP contribution >= 0.6 is 11.6 Å². The van der Waals surface area contributed by atoms with Gasteiger partial charge in [0, 0.05) is 6.07 Å². The van der Waals surface area contributed by atoms with E-state index in [1.54, 1.807) is 31.2 Å². The average molecular weight is 430 g/mol. The van der Waals surface area contributed by atoms with Crippen molar-refractivity contribution in [3.63, 3.8) is 0 Å². The summed E-state index contributed by atoms with van der Waals surface area (Å²) in [6, 6.07) is 11.7. The summed E-state index contributed by atoms with van der Waals surface area (Å²) in [6.07, 6.45) is 0. The van der Waals surface area contributed by atoms with E-state index in [1.165, 1.54) is 12.1 Å². The number of ether oxygens (including phenoxy) is 1. The van der Waals surface area contributed by atoms with Crippen LogP contribution in [0.3, 0.4) is 0 Å². The highest BCUT2D eigenvalue weighted by molar-refractivity contribution is 6.34. The monoisotopic (exact) mass is 429 g/mol. The van der Waals surface area contributed by atoms with Crippen LogP contribution in [-0.2, 0) is 4.74 Å². The molecule has 1 amide bonds. The molecule has 0 spiro atoms. The minimum absolute atomic E-state index is 0.0523. The van der Waals surface area contributed by atoms with Gasteiger partial charge in [-0.2, -0.15) is 9.78 Å². The highest BCUT2D eigenvalue weighted by atomic mass is 35.5. The second kappa shape index (κ2) is 8.87. The van der Waals surface area contributed by atoms with Crippen LogP contribution in [0.25, 0.3) is 5.69 Å². The predicted octanol–water partition coefficient (Wildman–Crippen LogP) is 3.76. The van der Waals surface area contributed by atoms with Crippen molar-refractivity contribution >= 4 is 29.2 Å². The van der Waals surface area contributed by atoms with Crippen molar-refractivity contribution in [2.24, 2.45) is 0 Å². The van der Waals surface area contributed by atoms with Crippen LogP contribution in [0.15, 0.2) is 53.3 Å². The van der Waals surface area contributed by atoms with Gasteiger partial charge in [0.05, 0.1) is 28.6 Å². The van der Waals surface area contributed by atoms with Crippen molar-refractivity contribution in [3.05, 3.63) is 86.5 Å². The molecule has 2 aromatic carbocycles. The van der Waals surface area contributed by atoms with E-state index in [9.17, 15) is 18.8 Å². The van der Waals surface area contributed by atoms with Crippen molar-refractivity contribution in [2.75, 3.05) is 11.9 Å². The molecular formula is C21H17ClFN3O4. The zero-order valence-electron chi connectivity index (χ0n) is 16.1. The summed E-state index contributed by atoms with van der Waals surface area (Å²) in [5, 5.41) is 6.29. The van der Waals surface area contributed by atoms with Crippen molar-refractivity contribution < 1.29 is 18.7 Å². The quantitative estimate of drug-likeness (QED) is 0.623. The number of anilines is 1. The minimum atomic E-state index is -0.932. The molecule has 1 N–H and O–H groups in total. The normalized spacial score (nSPS) is 10.5. The van der Waals surface area contributed by atoms with Gasteiger partial charge in [0.25, 0.3) is 11.5 Å². The van der Waals surface area contributed by atoms with Gasteiger partial charge in [0.1, 0.15) is 5.82 Å². The molecule has 3 aromatic rings. The van der Waals surface area contributed by atoms with Crippen LogP contribution in [0.4, 0.5) is 10.1 Å². The first kappa shape index (κ1) is 21.2. The number of aryl methyl sites for hydroxylation is 1. The molecule has 154 valence electrons. The van der Waals surface area contributed by atoms with Gasteiger partial charge in [-0.05, 0) is 38.1 Å². The number of carbonyl (C=O) groups is 2. The van der Waals surface area contributed by atoms with E-state index in [0.29, 0.717) is 5.69 Å². The molecule has 1 aromatic heterocycles. The maximum Gasteiger partial charge on any atom is 0.360 e. The standard InChI is InChI=1S/C21H17ClFN3O4/c1-3-30-21(29)19-16(24-20(28)18-14(22)5-4-6-15(18)23)11-17(27)26(25-19)13-9-7-12(2)8-10-13/h4-11H,3H2,1-2H3,(H,24,28). The molecule has 0 atom stereocenters. The van der Waals surface area contributed by atoms with Gasteiger partial charge in [-0.15, -0.1) is 0 Å². The molecule has 0 fully saturated rings. The van der Waals surface area contributed by atoms with Crippen LogP contribution in [-0.4, -0.2) is 28.3 Å². The molecule has 0 saturated carbocycles. The Balaban J connectivity index is 2.08. The third kappa shape index (κ3) is 4.38. The first-order valence-electron chi connectivity index (χ1n) is 8.95. The van der Waals surface area contributed by atoms with Crippen molar-refractivity contribution in [3.8, 4) is 5.69 Å². The largest absolute Gasteiger partial charge is 0.461 e. The van der Waals surface area contributed by atoms with Crippen molar-refractivity contribution in [1.29, 1.82) is 0 Å². The first-order valence-corrected chi connectivity index (χ1v) is 9.33. The number of halogens is 2. The number of aromatic nitrogens is 2. The molecule has 0 aliphatic rings. The highest BCUT2D eigenvalue weighted by Gasteiger charge is 2.23. The van der Waals surface area contributed by atoms with E-state index in [1.807, 2.05) is 6.92 Å². The summed E-state index contributed by atoms with van der Waals surface area (Å²) < 4.78 is 20.1. The number of hydrogen-bond donors (Lipinski definition) is 1. The molecule has 30 heavy (non-hydrogen) atoms. The number of carbonyl (C=O) groups excluding carboxylic acids is 2. The molecule has 0 saturated heterocycles. The number of hydrogen-bond acceptors (Lipinski definition) is 5. The number of benzene rings is 2. The molecule has 0 aliphatic carbocycles. The fourth-order valence-electron chi connectivity index (χ4n) is 2.67. The smallest absolute Gasteiger partial charge is 0.360 e. The second-order valence-corrected chi connectivity index (χ2v) is 6.67. The zero-order chi connectivity index (χ0) is 21.8. The van der Waals surface area contributed by atoms with E-state index in [4.69, 9.17) is 16.3 Å². The molecular weight excluding hydrogens is 413 g/mol. The van der Waals surface area contributed by atoms with E-state index in [2.05, 4.69) is 10.4 Å². The van der Waals surface area contributed by atoms with Gasteiger partial charge in [-0.3, -0.25) is 9.59 Å². The lowest BCUT2D eigenvalue weighted by Crippen LogP contribution is -2.27. The summed E-state index contributed by atoms with van der Waals surface area (Å²) in [5.41, 5.74) is -0.156. The van der Waals surface area contributed by atoms with Gasteiger partial charge >= 0.3 is 5.97 Å². The molecule has 3 rings (SSSR count). The maximum absolute atomic E-state index is 14.1. The predicted molar refractivity (Wildman–Crippen MR) is 110 cm³/mol. The third-order valence-corrected chi connectivity index (χ3v) is 4.43. The van der Waals surface area contributed by atoms with Crippen molar-refractivity contribution in [2.45, 2.75) is 13.8 Å². The second-order valence-electron chi connectivity index (χ2n) is 6.26. The van der Waals surface area contributed by atoms with Gasteiger partial charge in [-0.1, -0.05) is 35.4 Å². The van der Waals surface area contributed by atoms with Crippen LogP contribution in [0.2, 0.25) is 5.02 Å². The Morgan fingerprint density at radius 1 is 1.20 bits per heavy atom. The SMILES string of the molecule is CCOC(=O)c1nn(-c2ccc(C)cc2)c(=O)cc1NC(=O)c1c(F)cccc1Cl. The molecule has 0 radical (unpaired) electrons. The highest BCUT2D eigenvalue weighted by Crippen LogP contribution is 2.22. The van der Waals surface area contributed by atoms with Crippen LogP contribution < -0.4 is 10.9 Å². The zero-order valence-corrected chi connectivity index (χ0v) is 16.9. The molecule has 0 aliphatic heterocycles. The average Bonchev–Trinajstić information content (AvgIpc) is 2.69. The Labute approximate surface area is 176 Å². The molecule has 0 unspecified atom stereocenters. The topological polar surface area (TPSA) is 90.3 Å². The third-order valence-electron chi connectivity index (χ3n) is 4.12. The summed E-state index contributed by atoms with van der Waals surface area (Å²) >= 11 is 5.92. The van der Waals surface area contributed by atoms with E-state index in [0.717, 1.165) is 22.4 Å². The lowest BCUT2D eigenvalue weighted by Gasteiger charge is -2.13. The fourth-order valence-corrected chi connectivity index (χ4v) is 2.92. The number of esters is 1. The van der Waals surface area contributed by atoms with Gasteiger partial charge in [0.2, 0.25) is 0 Å². The van der Waals surface area contributed by atoms with E-state index >= 15 is 0 Å². The van der Waals surface area contributed by atoms with E-state index < -0.39 is 28.8 Å². The minimum Gasteiger partial charge on any atom is -0.461 e. The number of nitrogens with one attached hydrogen (secondary N) is 1. The van der Waals surface area contributed by atoms with Gasteiger partial charge in [-0.25, -0.2) is 9.18 Å². The number of rotatable bonds is 5. The Hall–Kier alpha value is -3.52. The molecule has 9 heteroatoms. The summed E-state index contributed by atoms with van der Waals surface area (Å²) in [6.45, 7) is 3.54. The van der Waals surface area contributed by atoms with Crippen LogP contribution in [0.1, 0.15) is 33.3 Å². The number of nitrogens with zero attached hydrogens (tertiary/aromatic N) is 2. The van der Waals surface area contributed by atoms with Gasteiger partial charge in [0.15, 0.2) is 5.69 Å². The Bertz CT molecular complexity index is 1160. The van der Waals surface area contributed by atoms with Crippen molar-refractivity contribution in [1.82, 2.24) is 9.78 Å².